The summed E-state index contributed by atoms with van der Waals surface area (Å²) in [4.78, 5) is 0. The van der Waals surface area contributed by atoms with Crippen LogP contribution in [-0.2, 0) is 0 Å². The van der Waals surface area contributed by atoms with Gasteiger partial charge in [-0.05, 0) is 31.1 Å². The molecule has 56 valence electrons. The number of nitrogens with one attached hydrogen (secondary N) is 1. The second-order valence-corrected chi connectivity index (χ2v) is 2.07. The molecule has 0 aliphatic rings. The van der Waals surface area contributed by atoms with Gasteiger partial charge in [-0.2, -0.15) is 0 Å². The highest BCUT2D eigenvalue weighted by Crippen LogP contribution is 2.03. The maximum absolute atomic E-state index is 5.03. The molecular weight excluding hydrogens is 124 g/mol. The van der Waals surface area contributed by atoms with E-state index < -0.39 is 0 Å². The summed E-state index contributed by atoms with van der Waals surface area (Å²) in [6.07, 6.45) is 5.40. The van der Waals surface area contributed by atoms with E-state index in [1.54, 1.807) is 6.20 Å². The first-order valence-electron chi connectivity index (χ1n) is 3.15. The first-order valence-corrected chi connectivity index (χ1v) is 3.15. The summed E-state index contributed by atoms with van der Waals surface area (Å²) < 4.78 is 0. The van der Waals surface area contributed by atoms with Crippen molar-refractivity contribution in [2.45, 2.75) is 13.8 Å². The van der Waals surface area contributed by atoms with Gasteiger partial charge in [0.1, 0.15) is 0 Å². The van der Waals surface area contributed by atoms with E-state index in [-0.39, 0.29) is 0 Å². The Bertz CT molecular complexity index is 166. The molecule has 0 saturated heterocycles. The zero-order valence-electron chi connectivity index (χ0n) is 6.52. The van der Waals surface area contributed by atoms with Crippen LogP contribution in [0.2, 0.25) is 0 Å². The van der Waals surface area contributed by atoms with Crippen LogP contribution in [-0.4, -0.2) is 0 Å². The van der Waals surface area contributed by atoms with E-state index in [2.05, 4.69) is 12.0 Å². The Morgan fingerprint density at radius 2 is 2.00 bits per heavy atom. The van der Waals surface area contributed by atoms with Gasteiger partial charge >= 0.3 is 0 Å². The molecule has 0 fully saturated rings. The minimum absolute atomic E-state index is 1.16. The summed E-state index contributed by atoms with van der Waals surface area (Å²) in [5.74, 6) is 5.03. The van der Waals surface area contributed by atoms with E-state index in [4.69, 9.17) is 5.84 Å². The summed E-state index contributed by atoms with van der Waals surface area (Å²) in [7, 11) is 0. The molecular formula is C8H14N2. The molecule has 0 aliphatic carbocycles. The van der Waals surface area contributed by atoms with Gasteiger partial charge in [0, 0.05) is 6.20 Å². The zero-order chi connectivity index (χ0) is 7.98. The maximum atomic E-state index is 5.03. The molecule has 10 heavy (non-hydrogen) atoms. The summed E-state index contributed by atoms with van der Waals surface area (Å²) in [6, 6.07) is 0. The summed E-state index contributed by atoms with van der Waals surface area (Å²) in [6.45, 7) is 7.65. The number of hydrazine groups is 1. The zero-order valence-corrected chi connectivity index (χ0v) is 6.52. The van der Waals surface area contributed by atoms with Crippen LogP contribution in [0, 0.1) is 0 Å². The number of allylic oxidation sites excluding steroid dienone is 4. The first kappa shape index (κ1) is 8.98. The van der Waals surface area contributed by atoms with E-state index in [1.807, 2.05) is 26.0 Å². The quantitative estimate of drug-likeness (QED) is 0.352. The molecule has 2 nitrogen and oxygen atoms in total. The number of hydrogen-bond donors (Lipinski definition) is 2. The number of rotatable bonds is 3. The van der Waals surface area contributed by atoms with Crippen LogP contribution in [0.15, 0.2) is 36.1 Å². The molecule has 0 saturated carbocycles. The predicted molar refractivity (Wildman–Crippen MR) is 45.0 cm³/mol. The van der Waals surface area contributed by atoms with Crippen molar-refractivity contribution in [3.05, 3.63) is 36.1 Å². The van der Waals surface area contributed by atoms with Gasteiger partial charge in [-0.15, -0.1) is 0 Å². The summed E-state index contributed by atoms with van der Waals surface area (Å²) in [5.41, 5.74) is 4.75. The van der Waals surface area contributed by atoms with Crippen molar-refractivity contribution in [3.63, 3.8) is 0 Å². The number of nitrogens with two attached hydrogens (primary N) is 1. The second-order valence-electron chi connectivity index (χ2n) is 2.07. The monoisotopic (exact) mass is 138 g/mol. The number of hydrogen-bond acceptors (Lipinski definition) is 2. The molecule has 0 aliphatic heterocycles. The van der Waals surface area contributed by atoms with E-state index in [0.29, 0.717) is 0 Å². The molecule has 0 radical (unpaired) electrons. The molecule has 0 aromatic rings. The minimum Gasteiger partial charge on any atom is -0.331 e. The third-order valence-corrected chi connectivity index (χ3v) is 1.36. The largest absolute Gasteiger partial charge is 0.331 e. The lowest BCUT2D eigenvalue weighted by Gasteiger charge is -1.95. The van der Waals surface area contributed by atoms with Gasteiger partial charge in [0.15, 0.2) is 0 Å². The van der Waals surface area contributed by atoms with Crippen LogP contribution < -0.4 is 11.3 Å². The van der Waals surface area contributed by atoms with Crippen molar-refractivity contribution in [2.24, 2.45) is 5.84 Å². The van der Waals surface area contributed by atoms with Gasteiger partial charge in [0.2, 0.25) is 0 Å². The smallest absolute Gasteiger partial charge is 0.0125 e. The maximum Gasteiger partial charge on any atom is 0.0125 e. The molecule has 3 N–H and O–H groups in total. The van der Waals surface area contributed by atoms with E-state index >= 15 is 0 Å². The molecule has 0 spiro atoms. The highest BCUT2D eigenvalue weighted by molar-refractivity contribution is 5.28. The van der Waals surface area contributed by atoms with Crippen molar-refractivity contribution in [3.8, 4) is 0 Å². The standard InChI is InChI=1S/C8H14N2/c1-4-7(2)8(3)5-6-10-9/h4-6,10H,1,9H2,2-3H3/b6-5-,8-7+. The van der Waals surface area contributed by atoms with Gasteiger partial charge in [-0.3, -0.25) is 5.84 Å². The highest BCUT2D eigenvalue weighted by atomic mass is 15.2. The van der Waals surface area contributed by atoms with Crippen LogP contribution in [0.1, 0.15) is 13.8 Å². The molecule has 0 amide bonds. The van der Waals surface area contributed by atoms with Crippen LogP contribution >= 0.6 is 0 Å². The van der Waals surface area contributed by atoms with Crippen molar-refractivity contribution >= 4 is 0 Å². The molecule has 0 bridgehead atoms. The van der Waals surface area contributed by atoms with Crippen LogP contribution in [0.4, 0.5) is 0 Å². The Labute approximate surface area is 62.1 Å². The second kappa shape index (κ2) is 4.82. The van der Waals surface area contributed by atoms with Crippen LogP contribution in [0.25, 0.3) is 0 Å². The Balaban J connectivity index is 4.17. The van der Waals surface area contributed by atoms with Gasteiger partial charge in [0.05, 0.1) is 0 Å². The van der Waals surface area contributed by atoms with E-state index in [1.165, 1.54) is 0 Å². The average molecular weight is 138 g/mol. The van der Waals surface area contributed by atoms with Gasteiger partial charge in [0.25, 0.3) is 0 Å². The topological polar surface area (TPSA) is 38.0 Å². The van der Waals surface area contributed by atoms with Crippen LogP contribution in [0.3, 0.4) is 0 Å². The fourth-order valence-electron chi connectivity index (χ4n) is 0.466. The molecule has 0 unspecified atom stereocenters. The molecule has 0 rings (SSSR count). The Morgan fingerprint density at radius 1 is 1.40 bits per heavy atom. The fourth-order valence-corrected chi connectivity index (χ4v) is 0.466. The molecule has 2 heteroatoms. The van der Waals surface area contributed by atoms with Gasteiger partial charge in [-0.1, -0.05) is 12.7 Å². The van der Waals surface area contributed by atoms with Gasteiger partial charge < -0.3 is 5.43 Å². The molecule has 0 heterocycles. The predicted octanol–water partition coefficient (Wildman–Crippen LogP) is 1.49. The lowest BCUT2D eigenvalue weighted by Crippen LogP contribution is -2.12. The fraction of sp³-hybridized carbons (Fsp3) is 0.250. The normalized spacial score (nSPS) is 13.1. The van der Waals surface area contributed by atoms with Crippen LogP contribution in [0.5, 0.6) is 0 Å². The van der Waals surface area contributed by atoms with E-state index in [9.17, 15) is 0 Å². The third kappa shape index (κ3) is 3.10. The van der Waals surface area contributed by atoms with E-state index in [0.717, 1.165) is 11.1 Å². The van der Waals surface area contributed by atoms with Gasteiger partial charge in [-0.25, -0.2) is 0 Å². The molecule has 0 aromatic heterocycles. The summed E-state index contributed by atoms with van der Waals surface area (Å²) >= 11 is 0. The van der Waals surface area contributed by atoms with Crippen molar-refractivity contribution in [1.82, 2.24) is 5.43 Å². The minimum atomic E-state index is 1.16. The van der Waals surface area contributed by atoms with Crippen molar-refractivity contribution in [1.29, 1.82) is 0 Å². The van der Waals surface area contributed by atoms with Crippen molar-refractivity contribution < 1.29 is 0 Å². The third-order valence-electron chi connectivity index (χ3n) is 1.36. The Kier molecular flexibility index (Phi) is 4.33. The Hall–Kier alpha value is -1.02. The first-order chi connectivity index (χ1) is 4.72. The summed E-state index contributed by atoms with van der Waals surface area (Å²) in [5, 5.41) is 0. The average Bonchev–Trinajstić information content (AvgIpc) is 1.98. The SMILES string of the molecule is C=C/C(C)=C(C)/C=C\NN. The van der Waals surface area contributed by atoms with Crippen molar-refractivity contribution in [2.75, 3.05) is 0 Å². The lowest BCUT2D eigenvalue weighted by atomic mass is 10.1. The molecule has 0 aromatic carbocycles. The molecule has 0 atom stereocenters. The highest BCUT2D eigenvalue weighted by Gasteiger charge is 1.84. The Morgan fingerprint density at radius 3 is 2.40 bits per heavy atom. The lowest BCUT2D eigenvalue weighted by molar-refractivity contribution is 0.965.